The molecule has 2 aromatic heterocycles. The maximum absolute atomic E-state index is 4.84. The predicted molar refractivity (Wildman–Crippen MR) is 116 cm³/mol. The molecule has 0 unspecified atom stereocenters. The van der Waals surface area contributed by atoms with E-state index in [2.05, 4.69) is 41.6 Å². The molecular weight excluding hydrogens is 384 g/mol. The molecule has 2 heterocycles. The van der Waals surface area contributed by atoms with Crippen molar-refractivity contribution < 1.29 is 0 Å². The predicted octanol–water partition coefficient (Wildman–Crippen LogP) is 6.08. The number of hydrogen-bond acceptors (Lipinski definition) is 6. The van der Waals surface area contributed by atoms with Crippen molar-refractivity contribution in [2.45, 2.75) is 30.7 Å². The molecule has 0 atom stereocenters. The summed E-state index contributed by atoms with van der Waals surface area (Å²) in [6.07, 6.45) is 0. The van der Waals surface area contributed by atoms with Crippen LogP contribution in [-0.2, 0) is 5.75 Å². The summed E-state index contributed by atoms with van der Waals surface area (Å²) in [5.74, 6) is 1.19. The van der Waals surface area contributed by atoms with Crippen LogP contribution in [0.2, 0.25) is 0 Å². The summed E-state index contributed by atoms with van der Waals surface area (Å²) in [5.41, 5.74) is 4.76. The molecule has 140 valence electrons. The van der Waals surface area contributed by atoms with Crippen molar-refractivity contribution in [1.29, 1.82) is 0 Å². The first-order valence-corrected chi connectivity index (χ1v) is 11.0. The zero-order valence-electron chi connectivity index (χ0n) is 15.7. The van der Waals surface area contributed by atoms with Crippen LogP contribution in [0.1, 0.15) is 30.5 Å². The van der Waals surface area contributed by atoms with Gasteiger partial charge in [-0.3, -0.25) is 0 Å². The molecule has 0 aliphatic carbocycles. The maximum Gasteiger partial charge on any atom is 0.210 e. The summed E-state index contributed by atoms with van der Waals surface area (Å²) in [7, 11) is 0. The maximum atomic E-state index is 4.84. The van der Waals surface area contributed by atoms with E-state index in [1.807, 2.05) is 48.5 Å². The van der Waals surface area contributed by atoms with Gasteiger partial charge in [0.25, 0.3) is 0 Å². The van der Waals surface area contributed by atoms with Crippen molar-refractivity contribution in [2.75, 3.05) is 0 Å². The van der Waals surface area contributed by atoms with Crippen LogP contribution in [0.15, 0.2) is 71.2 Å². The minimum absolute atomic E-state index is 0.455. The highest BCUT2D eigenvalue weighted by Crippen LogP contribution is 2.30. The van der Waals surface area contributed by atoms with Crippen molar-refractivity contribution in [3.63, 3.8) is 0 Å². The van der Waals surface area contributed by atoms with Gasteiger partial charge in [-0.05, 0) is 0 Å². The number of nitrogens with zero attached hydrogens (tertiary/aromatic N) is 4. The molecule has 0 N–H and O–H groups in total. The Hall–Kier alpha value is -2.57. The van der Waals surface area contributed by atoms with Crippen LogP contribution in [0, 0.1) is 0 Å². The third kappa shape index (κ3) is 4.29. The number of thioether (sulfide) groups is 1. The quantitative estimate of drug-likeness (QED) is 0.365. The lowest BCUT2D eigenvalue weighted by atomic mass is 10.0. The monoisotopic (exact) mass is 404 g/mol. The second-order valence-electron chi connectivity index (χ2n) is 6.64. The Balaban J connectivity index is 1.64. The van der Waals surface area contributed by atoms with Gasteiger partial charge in [-0.25, -0.2) is 9.97 Å². The van der Waals surface area contributed by atoms with E-state index in [1.54, 1.807) is 23.1 Å². The molecular formula is C22H20N4S2. The Kier molecular flexibility index (Phi) is 5.78. The Morgan fingerprint density at radius 2 is 1.46 bits per heavy atom. The van der Waals surface area contributed by atoms with E-state index in [0.717, 1.165) is 34.0 Å². The van der Waals surface area contributed by atoms with Crippen LogP contribution in [0.3, 0.4) is 0 Å². The molecule has 28 heavy (non-hydrogen) atoms. The molecule has 0 aliphatic rings. The minimum atomic E-state index is 0.455. The smallest absolute Gasteiger partial charge is 0.210 e. The highest BCUT2D eigenvalue weighted by atomic mass is 32.2. The number of rotatable bonds is 6. The lowest BCUT2D eigenvalue weighted by Crippen LogP contribution is -1.99. The number of thiazole rings is 1. The van der Waals surface area contributed by atoms with Crippen LogP contribution in [0.5, 0.6) is 0 Å². The number of benzene rings is 2. The zero-order valence-corrected chi connectivity index (χ0v) is 17.4. The van der Waals surface area contributed by atoms with Crippen molar-refractivity contribution in [3.8, 4) is 22.5 Å². The average molecular weight is 405 g/mol. The summed E-state index contributed by atoms with van der Waals surface area (Å²) in [4.78, 5) is 9.53. The molecule has 0 saturated heterocycles. The third-order valence-corrected chi connectivity index (χ3v) is 6.24. The minimum Gasteiger partial charge on any atom is -0.245 e. The second-order valence-corrected chi connectivity index (χ2v) is 8.48. The van der Waals surface area contributed by atoms with Gasteiger partial charge in [0.1, 0.15) is 11.4 Å². The fourth-order valence-electron chi connectivity index (χ4n) is 2.75. The van der Waals surface area contributed by atoms with Gasteiger partial charge in [-0.15, -0.1) is 21.5 Å². The third-order valence-electron chi connectivity index (χ3n) is 4.17. The van der Waals surface area contributed by atoms with E-state index in [9.17, 15) is 0 Å². The van der Waals surface area contributed by atoms with Gasteiger partial charge in [-0.2, -0.15) is 0 Å². The summed E-state index contributed by atoms with van der Waals surface area (Å²) < 4.78 is 0. The normalized spacial score (nSPS) is 11.1. The number of hydrogen-bond donors (Lipinski definition) is 0. The van der Waals surface area contributed by atoms with E-state index in [4.69, 9.17) is 9.97 Å². The molecule has 6 heteroatoms. The Labute approximate surface area is 173 Å². The fraction of sp³-hybridized carbons (Fsp3) is 0.182. The first kappa shape index (κ1) is 18.8. The summed E-state index contributed by atoms with van der Waals surface area (Å²) in [6, 6.07) is 20.2. The van der Waals surface area contributed by atoms with E-state index in [0.29, 0.717) is 11.1 Å². The highest BCUT2D eigenvalue weighted by Gasteiger charge is 2.14. The summed E-state index contributed by atoms with van der Waals surface area (Å²) in [6.45, 7) is 4.33. The van der Waals surface area contributed by atoms with Crippen molar-refractivity contribution in [1.82, 2.24) is 20.2 Å². The standard InChI is InChI=1S/C22H20N4S2/c1-15(2)21-23-18(13-27-21)14-28-22-24-19(16-9-5-3-6-10-16)20(25-26-22)17-11-7-4-8-12-17/h3-13,15H,14H2,1-2H3. The van der Waals surface area contributed by atoms with Gasteiger partial charge in [-0.1, -0.05) is 86.3 Å². The summed E-state index contributed by atoms with van der Waals surface area (Å²) >= 11 is 3.28. The largest absolute Gasteiger partial charge is 0.245 e. The lowest BCUT2D eigenvalue weighted by Gasteiger charge is -2.09. The second kappa shape index (κ2) is 8.63. The van der Waals surface area contributed by atoms with Crippen LogP contribution < -0.4 is 0 Å². The van der Waals surface area contributed by atoms with Gasteiger partial charge in [0.05, 0.1) is 10.7 Å². The first-order chi connectivity index (χ1) is 13.7. The lowest BCUT2D eigenvalue weighted by molar-refractivity contribution is 0.842. The molecule has 0 aliphatic heterocycles. The first-order valence-electron chi connectivity index (χ1n) is 9.13. The van der Waals surface area contributed by atoms with Gasteiger partial charge < -0.3 is 0 Å². The Bertz CT molecular complexity index is 1050. The van der Waals surface area contributed by atoms with E-state index in [1.165, 1.54) is 5.01 Å². The van der Waals surface area contributed by atoms with E-state index in [-0.39, 0.29) is 0 Å². The zero-order chi connectivity index (χ0) is 19.3. The van der Waals surface area contributed by atoms with Gasteiger partial charge in [0, 0.05) is 28.2 Å². The van der Waals surface area contributed by atoms with Crippen LogP contribution in [0.4, 0.5) is 0 Å². The fourth-order valence-corrected chi connectivity index (χ4v) is 4.37. The SMILES string of the molecule is CC(C)c1nc(CSc2nnc(-c3ccccc3)c(-c3ccccc3)n2)cs1. The molecule has 0 amide bonds. The van der Waals surface area contributed by atoms with Crippen molar-refractivity contribution in [3.05, 3.63) is 76.7 Å². The van der Waals surface area contributed by atoms with E-state index < -0.39 is 0 Å². The molecule has 0 radical (unpaired) electrons. The Morgan fingerprint density at radius 3 is 2.07 bits per heavy atom. The van der Waals surface area contributed by atoms with Gasteiger partial charge in [0.15, 0.2) is 0 Å². The molecule has 4 nitrogen and oxygen atoms in total. The molecule has 0 spiro atoms. The van der Waals surface area contributed by atoms with Crippen molar-refractivity contribution in [2.24, 2.45) is 0 Å². The molecule has 4 rings (SSSR count). The van der Waals surface area contributed by atoms with Gasteiger partial charge >= 0.3 is 0 Å². The molecule has 2 aromatic carbocycles. The summed E-state index contributed by atoms with van der Waals surface area (Å²) in [5, 5.41) is 12.8. The Morgan fingerprint density at radius 1 is 0.821 bits per heavy atom. The average Bonchev–Trinajstić information content (AvgIpc) is 3.23. The molecule has 0 fully saturated rings. The van der Waals surface area contributed by atoms with Crippen molar-refractivity contribution >= 4 is 23.1 Å². The molecule has 0 saturated carbocycles. The molecule has 4 aromatic rings. The number of aromatic nitrogens is 4. The van der Waals surface area contributed by atoms with Crippen LogP contribution in [-0.4, -0.2) is 20.2 Å². The van der Waals surface area contributed by atoms with E-state index >= 15 is 0 Å². The van der Waals surface area contributed by atoms with Crippen LogP contribution >= 0.6 is 23.1 Å². The topological polar surface area (TPSA) is 51.6 Å². The highest BCUT2D eigenvalue weighted by molar-refractivity contribution is 7.98. The van der Waals surface area contributed by atoms with Gasteiger partial charge in [0.2, 0.25) is 5.16 Å². The van der Waals surface area contributed by atoms with Crippen LogP contribution in [0.25, 0.3) is 22.5 Å². The molecule has 0 bridgehead atoms.